The van der Waals surface area contributed by atoms with Crippen LogP contribution in [0.5, 0.6) is 0 Å². The first-order valence-corrected chi connectivity index (χ1v) is 7.95. The van der Waals surface area contributed by atoms with Crippen molar-refractivity contribution in [3.8, 4) is 0 Å². The predicted octanol–water partition coefficient (Wildman–Crippen LogP) is 2.64. The molecule has 1 aromatic heterocycles. The van der Waals surface area contributed by atoms with Crippen LogP contribution in [0, 0.1) is 5.41 Å². The summed E-state index contributed by atoms with van der Waals surface area (Å²) in [5, 5.41) is 7.19. The SMILES string of the molecule is CC(C)(C)C(=O)NCC(=O)NCCc1c[nH]c2ccc(Cl)cc12. The number of H-pyrrole nitrogens is 1. The van der Waals surface area contributed by atoms with Crippen LogP contribution in [0.4, 0.5) is 0 Å². The van der Waals surface area contributed by atoms with Crippen molar-refractivity contribution in [3.05, 3.63) is 35.0 Å². The molecule has 0 bridgehead atoms. The summed E-state index contributed by atoms with van der Waals surface area (Å²) in [4.78, 5) is 26.6. The first-order chi connectivity index (χ1) is 10.8. The van der Waals surface area contributed by atoms with Crippen LogP contribution in [0.1, 0.15) is 26.3 Å². The Morgan fingerprint density at radius 2 is 1.96 bits per heavy atom. The smallest absolute Gasteiger partial charge is 0.239 e. The normalized spacial score (nSPS) is 11.5. The summed E-state index contributed by atoms with van der Waals surface area (Å²) in [5.74, 6) is -0.334. The van der Waals surface area contributed by atoms with Crippen LogP contribution in [0.2, 0.25) is 5.02 Å². The number of hydrogen-bond acceptors (Lipinski definition) is 2. The van der Waals surface area contributed by atoms with E-state index in [4.69, 9.17) is 11.6 Å². The Morgan fingerprint density at radius 1 is 1.22 bits per heavy atom. The Bertz CT molecular complexity index is 716. The Kier molecular flexibility index (Phi) is 5.31. The fourth-order valence-electron chi connectivity index (χ4n) is 2.18. The number of nitrogens with one attached hydrogen (secondary N) is 3. The van der Waals surface area contributed by atoms with Crippen LogP contribution >= 0.6 is 11.6 Å². The molecule has 2 aromatic rings. The zero-order valence-corrected chi connectivity index (χ0v) is 14.4. The van der Waals surface area contributed by atoms with Crippen molar-refractivity contribution in [2.45, 2.75) is 27.2 Å². The molecule has 3 N–H and O–H groups in total. The summed E-state index contributed by atoms with van der Waals surface area (Å²) in [7, 11) is 0. The first-order valence-electron chi connectivity index (χ1n) is 7.58. The Hall–Kier alpha value is -2.01. The highest BCUT2D eigenvalue weighted by Gasteiger charge is 2.21. The van der Waals surface area contributed by atoms with Gasteiger partial charge in [-0.2, -0.15) is 0 Å². The third kappa shape index (κ3) is 4.73. The van der Waals surface area contributed by atoms with E-state index in [1.54, 1.807) is 0 Å². The Labute approximate surface area is 140 Å². The van der Waals surface area contributed by atoms with E-state index in [1.807, 2.05) is 45.2 Å². The molecule has 2 rings (SSSR count). The van der Waals surface area contributed by atoms with Gasteiger partial charge >= 0.3 is 0 Å². The van der Waals surface area contributed by atoms with Gasteiger partial charge in [-0.05, 0) is 30.2 Å². The molecular weight excluding hydrogens is 314 g/mol. The van der Waals surface area contributed by atoms with Crippen LogP contribution in [-0.2, 0) is 16.0 Å². The molecule has 5 nitrogen and oxygen atoms in total. The highest BCUT2D eigenvalue weighted by atomic mass is 35.5. The fourth-order valence-corrected chi connectivity index (χ4v) is 2.35. The molecule has 0 radical (unpaired) electrons. The van der Waals surface area contributed by atoms with Gasteiger partial charge in [0.05, 0.1) is 6.54 Å². The van der Waals surface area contributed by atoms with Gasteiger partial charge in [0.15, 0.2) is 0 Å². The number of hydrogen-bond donors (Lipinski definition) is 3. The molecule has 0 aliphatic heterocycles. The monoisotopic (exact) mass is 335 g/mol. The van der Waals surface area contributed by atoms with Gasteiger partial charge < -0.3 is 15.6 Å². The maximum absolute atomic E-state index is 11.8. The molecule has 0 saturated heterocycles. The molecule has 2 amide bonds. The van der Waals surface area contributed by atoms with E-state index < -0.39 is 5.41 Å². The van der Waals surface area contributed by atoms with E-state index in [0.717, 1.165) is 16.5 Å². The van der Waals surface area contributed by atoms with Crippen molar-refractivity contribution in [1.29, 1.82) is 0 Å². The van der Waals surface area contributed by atoms with Crippen molar-refractivity contribution in [2.24, 2.45) is 5.41 Å². The molecule has 1 aromatic carbocycles. The number of halogens is 1. The average molecular weight is 336 g/mol. The number of aromatic nitrogens is 1. The highest BCUT2D eigenvalue weighted by molar-refractivity contribution is 6.31. The molecule has 0 fully saturated rings. The quantitative estimate of drug-likeness (QED) is 0.785. The lowest BCUT2D eigenvalue weighted by Crippen LogP contribution is -2.42. The summed E-state index contributed by atoms with van der Waals surface area (Å²) in [6.45, 7) is 5.92. The topological polar surface area (TPSA) is 74.0 Å². The summed E-state index contributed by atoms with van der Waals surface area (Å²) < 4.78 is 0. The maximum Gasteiger partial charge on any atom is 0.239 e. The molecule has 23 heavy (non-hydrogen) atoms. The molecular formula is C17H22ClN3O2. The summed E-state index contributed by atoms with van der Waals surface area (Å²) in [6, 6.07) is 5.68. The minimum atomic E-state index is -0.496. The van der Waals surface area contributed by atoms with Gasteiger partial charge in [-0.15, -0.1) is 0 Å². The van der Waals surface area contributed by atoms with Crippen molar-refractivity contribution >= 4 is 34.3 Å². The molecule has 0 aliphatic carbocycles. The van der Waals surface area contributed by atoms with E-state index in [0.29, 0.717) is 18.0 Å². The van der Waals surface area contributed by atoms with E-state index in [1.165, 1.54) is 0 Å². The van der Waals surface area contributed by atoms with Crippen LogP contribution in [0.3, 0.4) is 0 Å². The lowest BCUT2D eigenvalue weighted by Gasteiger charge is -2.17. The molecule has 6 heteroatoms. The number of rotatable bonds is 5. The maximum atomic E-state index is 11.8. The average Bonchev–Trinajstić information content (AvgIpc) is 2.86. The van der Waals surface area contributed by atoms with Gasteiger partial charge in [-0.3, -0.25) is 9.59 Å². The Balaban J connectivity index is 1.81. The number of aromatic amines is 1. The molecule has 124 valence electrons. The molecule has 0 saturated carbocycles. The standard InChI is InChI=1S/C17H22ClN3O2/c1-17(2,3)16(23)21-10-15(22)19-7-6-11-9-20-14-5-4-12(18)8-13(11)14/h4-5,8-9,20H,6-7,10H2,1-3H3,(H,19,22)(H,21,23). The molecule has 0 atom stereocenters. The number of amides is 2. The van der Waals surface area contributed by atoms with Gasteiger partial charge in [0.25, 0.3) is 0 Å². The van der Waals surface area contributed by atoms with E-state index >= 15 is 0 Å². The van der Waals surface area contributed by atoms with Gasteiger partial charge in [0.1, 0.15) is 0 Å². The third-order valence-electron chi connectivity index (χ3n) is 3.54. The fraction of sp³-hybridized carbons (Fsp3) is 0.412. The van der Waals surface area contributed by atoms with Gasteiger partial charge in [-0.1, -0.05) is 32.4 Å². The largest absolute Gasteiger partial charge is 0.361 e. The summed E-state index contributed by atoms with van der Waals surface area (Å²) in [6.07, 6.45) is 2.62. The lowest BCUT2D eigenvalue weighted by atomic mass is 9.96. The van der Waals surface area contributed by atoms with Crippen molar-refractivity contribution < 1.29 is 9.59 Å². The molecule has 1 heterocycles. The second kappa shape index (κ2) is 7.04. The number of carbonyl (C=O) groups excluding carboxylic acids is 2. The number of fused-ring (bicyclic) bond motifs is 1. The van der Waals surface area contributed by atoms with E-state index in [9.17, 15) is 9.59 Å². The highest BCUT2D eigenvalue weighted by Crippen LogP contribution is 2.22. The van der Waals surface area contributed by atoms with Crippen molar-refractivity contribution in [3.63, 3.8) is 0 Å². The van der Waals surface area contributed by atoms with Crippen LogP contribution in [0.25, 0.3) is 10.9 Å². The zero-order valence-electron chi connectivity index (χ0n) is 13.6. The van der Waals surface area contributed by atoms with E-state index in [2.05, 4.69) is 15.6 Å². The molecule has 0 unspecified atom stereocenters. The van der Waals surface area contributed by atoms with Crippen molar-refractivity contribution in [2.75, 3.05) is 13.1 Å². The van der Waals surface area contributed by atoms with Crippen molar-refractivity contribution in [1.82, 2.24) is 15.6 Å². The van der Waals surface area contributed by atoms with E-state index in [-0.39, 0.29) is 18.4 Å². The van der Waals surface area contributed by atoms with Gasteiger partial charge in [0.2, 0.25) is 11.8 Å². The first kappa shape index (κ1) is 17.3. The predicted molar refractivity (Wildman–Crippen MR) is 92.5 cm³/mol. The second-order valence-electron chi connectivity index (χ2n) is 6.54. The van der Waals surface area contributed by atoms with Crippen LogP contribution in [0.15, 0.2) is 24.4 Å². The lowest BCUT2D eigenvalue weighted by molar-refractivity contribution is -0.131. The zero-order chi connectivity index (χ0) is 17.0. The van der Waals surface area contributed by atoms with Crippen LogP contribution < -0.4 is 10.6 Å². The minimum absolute atomic E-state index is 0.00415. The Morgan fingerprint density at radius 3 is 2.65 bits per heavy atom. The summed E-state index contributed by atoms with van der Waals surface area (Å²) in [5.41, 5.74) is 1.62. The summed E-state index contributed by atoms with van der Waals surface area (Å²) >= 11 is 6.02. The van der Waals surface area contributed by atoms with Crippen LogP contribution in [-0.4, -0.2) is 29.9 Å². The third-order valence-corrected chi connectivity index (χ3v) is 3.77. The second-order valence-corrected chi connectivity index (χ2v) is 6.97. The minimum Gasteiger partial charge on any atom is -0.361 e. The van der Waals surface area contributed by atoms with Gasteiger partial charge in [-0.25, -0.2) is 0 Å². The number of carbonyl (C=O) groups is 2. The molecule has 0 spiro atoms. The number of benzene rings is 1. The molecule has 0 aliphatic rings. The van der Waals surface area contributed by atoms with Gasteiger partial charge in [0, 0.05) is 34.1 Å².